The van der Waals surface area contributed by atoms with Crippen LogP contribution in [0.2, 0.25) is 5.02 Å². The number of rotatable bonds is 2. The van der Waals surface area contributed by atoms with Gasteiger partial charge in [-0.15, -0.1) is 0 Å². The van der Waals surface area contributed by atoms with Crippen LogP contribution in [0.5, 0.6) is 0 Å². The van der Waals surface area contributed by atoms with Crippen molar-refractivity contribution >= 4 is 29.2 Å². The van der Waals surface area contributed by atoms with Gasteiger partial charge in [0.15, 0.2) is 5.82 Å². The van der Waals surface area contributed by atoms with Crippen molar-refractivity contribution in [2.75, 3.05) is 25.5 Å². The fourth-order valence-corrected chi connectivity index (χ4v) is 4.00. The third-order valence-corrected chi connectivity index (χ3v) is 5.62. The molecule has 0 radical (unpaired) electrons. The van der Waals surface area contributed by atoms with Crippen LogP contribution in [0.25, 0.3) is 0 Å². The average Bonchev–Trinajstić information content (AvgIpc) is 3.05. The van der Waals surface area contributed by atoms with Gasteiger partial charge in [-0.05, 0) is 12.1 Å². The summed E-state index contributed by atoms with van der Waals surface area (Å²) in [6.45, 7) is -0.0765. The van der Waals surface area contributed by atoms with Crippen LogP contribution in [0.3, 0.4) is 0 Å². The molecule has 0 aliphatic carbocycles. The molecule has 2 aliphatic heterocycles. The molecule has 178 valence electrons. The lowest BCUT2D eigenvalue weighted by Crippen LogP contribution is -2.39. The molecule has 0 fully saturated rings. The normalized spacial score (nSPS) is 18.6. The van der Waals surface area contributed by atoms with Crippen LogP contribution in [0.1, 0.15) is 27.3 Å². The molecule has 1 atom stereocenters. The van der Waals surface area contributed by atoms with E-state index < -0.39 is 40.6 Å². The van der Waals surface area contributed by atoms with E-state index in [9.17, 15) is 32.3 Å². The quantitative estimate of drug-likeness (QED) is 0.629. The van der Waals surface area contributed by atoms with E-state index in [4.69, 9.17) is 16.4 Å². The first-order valence-electron chi connectivity index (χ1n) is 9.76. The molecule has 2 N–H and O–H groups in total. The first kappa shape index (κ1) is 23.3. The summed E-state index contributed by atoms with van der Waals surface area (Å²) in [5.41, 5.74) is -0.652. The van der Waals surface area contributed by atoms with Gasteiger partial charge in [-0.2, -0.15) is 18.3 Å². The summed E-state index contributed by atoms with van der Waals surface area (Å²) < 4.78 is 54.4. The number of fused-ring (bicyclic) bond motifs is 3. The highest BCUT2D eigenvalue weighted by Crippen LogP contribution is 2.36. The zero-order chi connectivity index (χ0) is 24.1. The minimum absolute atomic E-state index is 0.0407. The Morgan fingerprint density at radius 1 is 1.39 bits per heavy atom. The van der Waals surface area contributed by atoms with Gasteiger partial charge in [0.1, 0.15) is 11.8 Å². The Morgan fingerprint density at radius 2 is 2.12 bits per heavy atom. The number of urea groups is 1. The maximum Gasteiger partial charge on any atom is 0.419 e. The molecular weight excluding hydrogens is 474 g/mol. The van der Waals surface area contributed by atoms with Gasteiger partial charge >= 0.3 is 12.2 Å². The van der Waals surface area contributed by atoms with Crippen LogP contribution in [-0.2, 0) is 30.5 Å². The van der Waals surface area contributed by atoms with Crippen molar-refractivity contribution in [1.82, 2.24) is 19.7 Å². The van der Waals surface area contributed by atoms with Gasteiger partial charge < -0.3 is 15.3 Å². The van der Waals surface area contributed by atoms with E-state index >= 15 is 0 Å². The smallest absolute Gasteiger partial charge is 0.393 e. The summed E-state index contributed by atoms with van der Waals surface area (Å²) >= 11 is 5.57. The van der Waals surface area contributed by atoms with Gasteiger partial charge in [-0.1, -0.05) is 11.6 Å². The molecule has 0 bridgehead atoms. The SMILES string of the molecule is CN1OC(CO)Cn2nc3c(c2C1=O)CN(C(=O)Nc1cc(Cl)c(F)c(C(F)(F)F)c1)CC3. The van der Waals surface area contributed by atoms with Gasteiger partial charge in [0.2, 0.25) is 0 Å². The summed E-state index contributed by atoms with van der Waals surface area (Å²) in [6.07, 6.45) is -5.39. The molecule has 4 rings (SSSR count). The number of nitrogens with one attached hydrogen (secondary N) is 1. The van der Waals surface area contributed by atoms with Crippen LogP contribution < -0.4 is 5.32 Å². The zero-order valence-corrected chi connectivity index (χ0v) is 17.9. The predicted molar refractivity (Wildman–Crippen MR) is 106 cm³/mol. The molecular formula is C19H18ClF4N5O4. The van der Waals surface area contributed by atoms with Crippen LogP contribution >= 0.6 is 11.6 Å². The maximum absolute atomic E-state index is 13.8. The van der Waals surface area contributed by atoms with Crippen molar-refractivity contribution in [3.63, 3.8) is 0 Å². The molecule has 3 heterocycles. The average molecular weight is 492 g/mol. The van der Waals surface area contributed by atoms with Gasteiger partial charge in [-0.25, -0.2) is 14.2 Å². The van der Waals surface area contributed by atoms with E-state index in [2.05, 4.69) is 10.4 Å². The Kier molecular flexibility index (Phi) is 5.97. The van der Waals surface area contributed by atoms with Gasteiger partial charge in [0, 0.05) is 31.3 Å². The Balaban J connectivity index is 1.58. The number of carbonyl (C=O) groups is 2. The number of aliphatic hydroxyl groups excluding tert-OH is 1. The standard InChI is InChI=1S/C19H18ClF4N5O4/c1-27-17(31)16-11-7-28(3-2-14(11)26-29(16)6-10(8-30)33-27)18(32)25-9-4-12(19(22,23)24)15(21)13(20)5-9/h4-5,10,30H,2-3,6-8H2,1H3,(H,25,32). The second kappa shape index (κ2) is 8.47. The molecule has 14 heteroatoms. The van der Waals surface area contributed by atoms with Crippen LogP contribution in [-0.4, -0.2) is 63.1 Å². The number of halogens is 5. The molecule has 2 aliphatic rings. The van der Waals surface area contributed by atoms with Crippen molar-refractivity contribution in [2.45, 2.75) is 31.8 Å². The first-order valence-corrected chi connectivity index (χ1v) is 10.1. The van der Waals surface area contributed by atoms with Crippen molar-refractivity contribution in [1.29, 1.82) is 0 Å². The number of aromatic nitrogens is 2. The summed E-state index contributed by atoms with van der Waals surface area (Å²) in [7, 11) is 1.39. The van der Waals surface area contributed by atoms with Crippen molar-refractivity contribution < 1.29 is 37.1 Å². The van der Waals surface area contributed by atoms with Crippen molar-refractivity contribution in [3.05, 3.63) is 45.5 Å². The number of amides is 3. The predicted octanol–water partition coefficient (Wildman–Crippen LogP) is 2.66. The highest BCUT2D eigenvalue weighted by molar-refractivity contribution is 6.31. The number of nitrogens with zero attached hydrogens (tertiary/aromatic N) is 4. The van der Waals surface area contributed by atoms with Gasteiger partial charge in [0.05, 0.1) is 36.0 Å². The van der Waals surface area contributed by atoms with E-state index in [1.165, 1.54) is 16.6 Å². The molecule has 0 spiro atoms. The number of hydroxylamine groups is 2. The fourth-order valence-electron chi connectivity index (χ4n) is 3.78. The lowest BCUT2D eigenvalue weighted by molar-refractivity contribution is -0.159. The summed E-state index contributed by atoms with van der Waals surface area (Å²) in [5, 5.41) is 16.4. The third-order valence-electron chi connectivity index (χ3n) is 5.35. The number of aliphatic hydroxyl groups is 1. The number of alkyl halides is 3. The minimum atomic E-state index is -4.99. The van der Waals surface area contributed by atoms with E-state index in [0.717, 1.165) is 11.1 Å². The van der Waals surface area contributed by atoms with Crippen LogP contribution in [0.4, 0.5) is 28.0 Å². The molecule has 0 saturated carbocycles. The maximum atomic E-state index is 13.8. The summed E-state index contributed by atoms with van der Waals surface area (Å²) in [5.74, 6) is -2.14. The summed E-state index contributed by atoms with van der Waals surface area (Å²) in [6, 6.07) is 0.594. The Bertz CT molecular complexity index is 1120. The molecule has 2 aromatic rings. The van der Waals surface area contributed by atoms with Crippen molar-refractivity contribution in [2.24, 2.45) is 0 Å². The molecule has 3 amide bonds. The zero-order valence-electron chi connectivity index (χ0n) is 17.1. The molecule has 1 aromatic heterocycles. The number of anilines is 1. The number of hydrogen-bond donors (Lipinski definition) is 2. The van der Waals surface area contributed by atoms with Gasteiger partial charge in [0.25, 0.3) is 5.91 Å². The van der Waals surface area contributed by atoms with E-state index in [-0.39, 0.29) is 37.6 Å². The Morgan fingerprint density at radius 3 is 2.79 bits per heavy atom. The largest absolute Gasteiger partial charge is 0.419 e. The first-order chi connectivity index (χ1) is 15.5. The molecule has 1 unspecified atom stereocenters. The second-order valence-corrected chi connectivity index (χ2v) is 7.99. The molecule has 1 aromatic carbocycles. The Hall–Kier alpha value is -2.90. The minimum Gasteiger partial charge on any atom is -0.393 e. The monoisotopic (exact) mass is 491 g/mol. The van der Waals surface area contributed by atoms with Crippen LogP contribution in [0, 0.1) is 5.82 Å². The third kappa shape index (κ3) is 4.35. The van der Waals surface area contributed by atoms with Crippen molar-refractivity contribution in [3.8, 4) is 0 Å². The lowest BCUT2D eigenvalue weighted by Gasteiger charge is -2.27. The van der Waals surface area contributed by atoms with Crippen LogP contribution in [0.15, 0.2) is 12.1 Å². The topological polar surface area (TPSA) is 99.9 Å². The fraction of sp³-hybridized carbons (Fsp3) is 0.421. The highest BCUT2D eigenvalue weighted by atomic mass is 35.5. The van der Waals surface area contributed by atoms with Gasteiger partial charge in [-0.3, -0.25) is 14.3 Å². The second-order valence-electron chi connectivity index (χ2n) is 7.59. The molecule has 9 nitrogen and oxygen atoms in total. The highest BCUT2D eigenvalue weighted by Gasteiger charge is 2.37. The van der Waals surface area contributed by atoms with E-state index in [1.807, 2.05) is 0 Å². The Labute approximate surface area is 189 Å². The molecule has 0 saturated heterocycles. The number of benzene rings is 1. The van der Waals surface area contributed by atoms with E-state index in [0.29, 0.717) is 23.7 Å². The van der Waals surface area contributed by atoms with E-state index in [1.54, 1.807) is 0 Å². The number of carbonyl (C=O) groups excluding carboxylic acids is 2. The lowest BCUT2D eigenvalue weighted by atomic mass is 10.1. The molecule has 33 heavy (non-hydrogen) atoms. The summed E-state index contributed by atoms with van der Waals surface area (Å²) in [4.78, 5) is 32.2. The number of hydrogen-bond acceptors (Lipinski definition) is 5.